The van der Waals surface area contributed by atoms with Gasteiger partial charge in [0.25, 0.3) is 0 Å². The Morgan fingerprint density at radius 1 is 1.04 bits per heavy atom. The van der Waals surface area contributed by atoms with Crippen LogP contribution in [0.15, 0.2) is 59.6 Å². The lowest BCUT2D eigenvalue weighted by Gasteiger charge is -2.06. The molecular weight excluding hydrogens is 320 g/mol. The number of thioether (sulfide) groups is 1. The van der Waals surface area contributed by atoms with E-state index in [2.05, 4.69) is 15.4 Å². The van der Waals surface area contributed by atoms with E-state index < -0.39 is 0 Å². The molecule has 1 heterocycles. The van der Waals surface area contributed by atoms with Gasteiger partial charge in [-0.15, -0.1) is 0 Å². The van der Waals surface area contributed by atoms with Crippen molar-refractivity contribution >= 4 is 40.7 Å². The number of rotatable bonds is 5. The molecule has 0 unspecified atom stereocenters. The lowest BCUT2D eigenvalue weighted by molar-refractivity contribution is -0.118. The second-order valence-corrected chi connectivity index (χ2v) is 5.97. The quantitative estimate of drug-likeness (QED) is 0.246. The standard InChI is InChI=1S/C18H16N4OS/c19-22-17(23)12-24-18-14-8-4-5-9-15(14)20-16(21-18)11-10-13-6-2-1-3-7-13/h1-11H,12,19H2,(H,22,23)/b11-10+. The Morgan fingerprint density at radius 2 is 1.79 bits per heavy atom. The van der Waals surface area contributed by atoms with Gasteiger partial charge in [-0.2, -0.15) is 0 Å². The average Bonchev–Trinajstić information content (AvgIpc) is 2.65. The predicted octanol–water partition coefficient (Wildman–Crippen LogP) is 2.88. The summed E-state index contributed by atoms with van der Waals surface area (Å²) in [6, 6.07) is 17.7. The summed E-state index contributed by atoms with van der Waals surface area (Å²) in [6.45, 7) is 0. The number of hydrazine groups is 1. The van der Waals surface area contributed by atoms with E-state index in [4.69, 9.17) is 5.84 Å². The third-order valence-corrected chi connectivity index (χ3v) is 4.30. The summed E-state index contributed by atoms with van der Waals surface area (Å²) >= 11 is 1.34. The molecule has 0 bridgehead atoms. The molecule has 120 valence electrons. The summed E-state index contributed by atoms with van der Waals surface area (Å²) in [7, 11) is 0. The van der Waals surface area contributed by atoms with Crippen molar-refractivity contribution < 1.29 is 4.79 Å². The molecule has 0 saturated carbocycles. The predicted molar refractivity (Wildman–Crippen MR) is 98.0 cm³/mol. The van der Waals surface area contributed by atoms with Crippen molar-refractivity contribution in [2.75, 3.05) is 5.75 Å². The lowest BCUT2D eigenvalue weighted by atomic mass is 10.2. The fourth-order valence-electron chi connectivity index (χ4n) is 2.16. The minimum absolute atomic E-state index is 0.208. The molecule has 3 rings (SSSR count). The van der Waals surface area contributed by atoms with Gasteiger partial charge < -0.3 is 0 Å². The van der Waals surface area contributed by atoms with Gasteiger partial charge in [-0.25, -0.2) is 15.8 Å². The van der Waals surface area contributed by atoms with E-state index in [1.807, 2.05) is 66.7 Å². The number of amides is 1. The van der Waals surface area contributed by atoms with Gasteiger partial charge in [0.2, 0.25) is 5.91 Å². The summed E-state index contributed by atoms with van der Waals surface area (Å²) in [5.41, 5.74) is 4.05. The number of carbonyl (C=O) groups excluding carboxylic acids is 1. The summed E-state index contributed by atoms with van der Waals surface area (Å²) in [4.78, 5) is 20.5. The van der Waals surface area contributed by atoms with E-state index in [1.54, 1.807) is 0 Å². The molecule has 0 atom stereocenters. The number of aromatic nitrogens is 2. The first-order chi connectivity index (χ1) is 11.8. The first-order valence-corrected chi connectivity index (χ1v) is 8.37. The number of benzene rings is 2. The van der Waals surface area contributed by atoms with E-state index in [1.165, 1.54) is 11.8 Å². The van der Waals surface area contributed by atoms with E-state index >= 15 is 0 Å². The highest BCUT2D eigenvalue weighted by atomic mass is 32.2. The number of hydrogen-bond donors (Lipinski definition) is 2. The van der Waals surface area contributed by atoms with Gasteiger partial charge in [0.05, 0.1) is 11.3 Å². The van der Waals surface area contributed by atoms with E-state index in [9.17, 15) is 4.79 Å². The fraction of sp³-hybridized carbons (Fsp3) is 0.0556. The smallest absolute Gasteiger partial charge is 0.244 e. The summed E-state index contributed by atoms with van der Waals surface area (Å²) in [6.07, 6.45) is 3.83. The van der Waals surface area contributed by atoms with E-state index in [0.717, 1.165) is 21.5 Å². The molecule has 5 nitrogen and oxygen atoms in total. The Hall–Kier alpha value is -2.70. The van der Waals surface area contributed by atoms with Gasteiger partial charge in [-0.1, -0.05) is 66.4 Å². The highest BCUT2D eigenvalue weighted by molar-refractivity contribution is 8.00. The molecule has 0 saturated heterocycles. The van der Waals surface area contributed by atoms with Crippen molar-refractivity contribution in [1.82, 2.24) is 15.4 Å². The first-order valence-electron chi connectivity index (χ1n) is 7.38. The molecule has 0 fully saturated rings. The monoisotopic (exact) mass is 336 g/mol. The SMILES string of the molecule is NNC(=O)CSc1nc(/C=C/c2ccccc2)nc2ccccc12. The maximum absolute atomic E-state index is 11.4. The molecule has 0 aliphatic carbocycles. The van der Waals surface area contributed by atoms with Crippen LogP contribution in [0.25, 0.3) is 23.1 Å². The number of fused-ring (bicyclic) bond motifs is 1. The Balaban J connectivity index is 1.94. The van der Waals surface area contributed by atoms with Crippen LogP contribution < -0.4 is 11.3 Å². The van der Waals surface area contributed by atoms with Crippen LogP contribution in [0.4, 0.5) is 0 Å². The lowest BCUT2D eigenvalue weighted by Crippen LogP contribution is -2.31. The van der Waals surface area contributed by atoms with Crippen LogP contribution in [-0.4, -0.2) is 21.6 Å². The highest BCUT2D eigenvalue weighted by Gasteiger charge is 2.09. The molecule has 6 heteroatoms. The van der Waals surface area contributed by atoms with Crippen molar-refractivity contribution in [1.29, 1.82) is 0 Å². The third kappa shape index (κ3) is 3.98. The fourth-order valence-corrected chi connectivity index (χ4v) is 3.00. The minimum atomic E-state index is -0.246. The van der Waals surface area contributed by atoms with Crippen molar-refractivity contribution in [2.24, 2.45) is 5.84 Å². The average molecular weight is 336 g/mol. The molecule has 24 heavy (non-hydrogen) atoms. The van der Waals surface area contributed by atoms with Gasteiger partial charge in [0.15, 0.2) is 5.82 Å². The van der Waals surface area contributed by atoms with E-state index in [-0.39, 0.29) is 11.7 Å². The second kappa shape index (κ2) is 7.72. The maximum Gasteiger partial charge on any atom is 0.244 e. The number of nitrogens with one attached hydrogen (secondary N) is 1. The number of carbonyl (C=O) groups is 1. The molecule has 2 aromatic carbocycles. The highest BCUT2D eigenvalue weighted by Crippen LogP contribution is 2.25. The largest absolute Gasteiger partial charge is 0.294 e. The van der Waals surface area contributed by atoms with Gasteiger partial charge in [0.1, 0.15) is 5.03 Å². The van der Waals surface area contributed by atoms with Gasteiger partial charge in [0, 0.05) is 5.39 Å². The summed E-state index contributed by atoms with van der Waals surface area (Å²) < 4.78 is 0. The molecule has 1 aromatic heterocycles. The van der Waals surface area contributed by atoms with Gasteiger partial charge in [-0.05, 0) is 17.7 Å². The minimum Gasteiger partial charge on any atom is -0.294 e. The van der Waals surface area contributed by atoms with Crippen LogP contribution >= 0.6 is 11.8 Å². The number of para-hydroxylation sites is 1. The third-order valence-electron chi connectivity index (χ3n) is 3.31. The molecule has 3 aromatic rings. The molecule has 0 aliphatic heterocycles. The molecular formula is C18H16N4OS. The van der Waals surface area contributed by atoms with Crippen molar-refractivity contribution in [3.63, 3.8) is 0 Å². The van der Waals surface area contributed by atoms with Crippen molar-refractivity contribution in [2.45, 2.75) is 5.03 Å². The van der Waals surface area contributed by atoms with Crippen molar-refractivity contribution in [3.05, 3.63) is 66.0 Å². The number of hydrogen-bond acceptors (Lipinski definition) is 5. The number of nitrogens with two attached hydrogens (primary N) is 1. The van der Waals surface area contributed by atoms with Crippen molar-refractivity contribution in [3.8, 4) is 0 Å². The van der Waals surface area contributed by atoms with Crippen LogP contribution in [0.2, 0.25) is 0 Å². The zero-order chi connectivity index (χ0) is 16.8. The van der Waals surface area contributed by atoms with Crippen LogP contribution in [0.5, 0.6) is 0 Å². The molecule has 0 spiro atoms. The normalized spacial score (nSPS) is 11.0. The van der Waals surface area contributed by atoms with Crippen LogP contribution in [0.3, 0.4) is 0 Å². The Bertz CT molecular complexity index is 881. The van der Waals surface area contributed by atoms with Crippen LogP contribution in [0.1, 0.15) is 11.4 Å². The second-order valence-electron chi connectivity index (χ2n) is 5.00. The Morgan fingerprint density at radius 3 is 2.58 bits per heavy atom. The van der Waals surface area contributed by atoms with Gasteiger partial charge >= 0.3 is 0 Å². The van der Waals surface area contributed by atoms with Crippen LogP contribution in [-0.2, 0) is 4.79 Å². The number of nitrogens with zero attached hydrogens (tertiary/aromatic N) is 2. The topological polar surface area (TPSA) is 80.9 Å². The maximum atomic E-state index is 11.4. The zero-order valence-corrected chi connectivity index (χ0v) is 13.7. The molecule has 0 radical (unpaired) electrons. The molecule has 3 N–H and O–H groups in total. The van der Waals surface area contributed by atoms with E-state index in [0.29, 0.717) is 5.82 Å². The Labute approximate surface area is 144 Å². The summed E-state index contributed by atoms with van der Waals surface area (Å²) in [5, 5.41) is 1.68. The Kier molecular flexibility index (Phi) is 5.20. The molecule has 0 aliphatic rings. The van der Waals surface area contributed by atoms with Gasteiger partial charge in [-0.3, -0.25) is 10.2 Å². The summed E-state index contributed by atoms with van der Waals surface area (Å²) in [5.74, 6) is 5.70. The first kappa shape index (κ1) is 16.2. The zero-order valence-electron chi connectivity index (χ0n) is 12.8. The van der Waals surface area contributed by atoms with Crippen LogP contribution in [0, 0.1) is 0 Å². The molecule has 1 amide bonds.